The molecule has 0 N–H and O–H groups in total. The summed E-state index contributed by atoms with van der Waals surface area (Å²) in [5.74, 6) is 0.105. The van der Waals surface area contributed by atoms with Crippen molar-refractivity contribution in [2.45, 2.75) is 16.9 Å². The molecule has 0 spiro atoms. The molecule has 1 aliphatic rings. The maximum Gasteiger partial charge on any atom is 0.308 e. The Kier molecular flexibility index (Phi) is 5.24. The molecule has 6 heteroatoms. The van der Waals surface area contributed by atoms with Gasteiger partial charge in [0.15, 0.2) is 5.76 Å². The second-order valence-corrected chi connectivity index (χ2v) is 7.14. The van der Waals surface area contributed by atoms with Crippen LogP contribution >= 0.6 is 23.5 Å². The first kappa shape index (κ1) is 17.0. The van der Waals surface area contributed by atoms with E-state index in [4.69, 9.17) is 9.47 Å². The minimum atomic E-state index is -0.709. The molecule has 1 atom stereocenters. The van der Waals surface area contributed by atoms with Gasteiger partial charge in [0.05, 0.1) is 7.11 Å². The lowest BCUT2D eigenvalue weighted by molar-refractivity contribution is -0.139. The van der Waals surface area contributed by atoms with E-state index in [1.165, 1.54) is 30.4 Å². The fourth-order valence-corrected chi connectivity index (χ4v) is 4.69. The quantitative estimate of drug-likeness (QED) is 0.607. The highest BCUT2D eigenvalue weighted by Crippen LogP contribution is 2.53. The van der Waals surface area contributed by atoms with E-state index in [1.807, 2.05) is 36.8 Å². The van der Waals surface area contributed by atoms with E-state index in [2.05, 4.69) is 0 Å². The zero-order valence-corrected chi connectivity index (χ0v) is 14.5. The molecule has 0 saturated carbocycles. The van der Waals surface area contributed by atoms with E-state index in [-0.39, 0.29) is 17.5 Å². The van der Waals surface area contributed by atoms with Gasteiger partial charge in [-0.15, -0.1) is 23.5 Å². The zero-order chi connectivity index (χ0) is 16.3. The summed E-state index contributed by atoms with van der Waals surface area (Å²) in [6.45, 7) is 1.30. The number of carbonyl (C=O) groups is 2. The number of carbonyl (C=O) groups excluding carboxylic acids is 2. The van der Waals surface area contributed by atoms with Crippen LogP contribution in [0.25, 0.3) is 0 Å². The van der Waals surface area contributed by atoms with Gasteiger partial charge in [-0.2, -0.15) is 0 Å². The van der Waals surface area contributed by atoms with Crippen LogP contribution in [0.5, 0.6) is 5.75 Å². The van der Waals surface area contributed by atoms with Crippen molar-refractivity contribution >= 4 is 35.3 Å². The fourth-order valence-electron chi connectivity index (χ4n) is 2.53. The van der Waals surface area contributed by atoms with Gasteiger partial charge < -0.3 is 9.47 Å². The van der Waals surface area contributed by atoms with Crippen LogP contribution in [0.15, 0.2) is 36.1 Å². The van der Waals surface area contributed by atoms with Crippen molar-refractivity contribution in [3.8, 4) is 5.75 Å². The Hall–Kier alpha value is -1.40. The lowest BCUT2D eigenvalue weighted by atomic mass is 9.97. The van der Waals surface area contributed by atoms with E-state index in [0.717, 1.165) is 11.3 Å². The summed E-state index contributed by atoms with van der Waals surface area (Å²) >= 11 is 2.94. The van der Waals surface area contributed by atoms with Gasteiger partial charge >= 0.3 is 5.97 Å². The molecule has 1 aromatic carbocycles. The normalized spacial score (nSPS) is 19.7. The number of hydrogen-bond donors (Lipinski definition) is 0. The minimum Gasteiger partial charge on any atom is -0.497 e. The summed E-state index contributed by atoms with van der Waals surface area (Å²) in [5.41, 5.74) is 0.986. The molecule has 0 heterocycles. The molecule has 4 nitrogen and oxygen atoms in total. The SMILES string of the molecule is COc1ccc(C2C=C(OC(C)=O)C(=O)C2(SC)SC)cc1. The highest BCUT2D eigenvalue weighted by atomic mass is 32.2. The Morgan fingerprint density at radius 3 is 2.23 bits per heavy atom. The van der Waals surface area contributed by atoms with Crippen molar-refractivity contribution in [1.82, 2.24) is 0 Å². The second kappa shape index (κ2) is 6.79. The molecule has 0 aliphatic heterocycles. The Bertz CT molecular complexity index is 603. The highest BCUT2D eigenvalue weighted by Gasteiger charge is 2.51. The molecule has 0 saturated heterocycles. The van der Waals surface area contributed by atoms with Crippen LogP contribution < -0.4 is 4.74 Å². The molecule has 0 amide bonds. The predicted octanol–water partition coefficient (Wildman–Crippen LogP) is 3.23. The maximum atomic E-state index is 12.7. The van der Waals surface area contributed by atoms with Gasteiger partial charge in [-0.25, -0.2) is 0 Å². The van der Waals surface area contributed by atoms with E-state index in [9.17, 15) is 9.59 Å². The number of ketones is 1. The van der Waals surface area contributed by atoms with Crippen LogP contribution in [-0.4, -0.2) is 35.5 Å². The van der Waals surface area contributed by atoms with Gasteiger partial charge in [-0.3, -0.25) is 9.59 Å². The van der Waals surface area contributed by atoms with Gasteiger partial charge in [-0.05, 0) is 36.3 Å². The molecule has 0 bridgehead atoms. The Labute approximate surface area is 138 Å². The molecule has 1 aliphatic carbocycles. The summed E-state index contributed by atoms with van der Waals surface area (Å²) in [6.07, 6.45) is 5.55. The molecule has 1 aromatic rings. The lowest BCUT2D eigenvalue weighted by Crippen LogP contribution is -2.33. The number of hydrogen-bond acceptors (Lipinski definition) is 6. The number of Topliss-reactive ketones (excluding diaryl/α,β-unsaturated/α-hetero) is 1. The Morgan fingerprint density at radius 2 is 1.77 bits per heavy atom. The average Bonchev–Trinajstić information content (AvgIpc) is 2.80. The van der Waals surface area contributed by atoms with Gasteiger partial charge in [0, 0.05) is 12.8 Å². The number of rotatable bonds is 5. The first-order valence-electron chi connectivity index (χ1n) is 6.67. The number of allylic oxidation sites excluding steroid dienone is 2. The summed E-state index contributed by atoms with van der Waals surface area (Å²) in [6, 6.07) is 7.60. The van der Waals surface area contributed by atoms with Crippen molar-refractivity contribution in [2.75, 3.05) is 19.6 Å². The van der Waals surface area contributed by atoms with E-state index < -0.39 is 10.0 Å². The van der Waals surface area contributed by atoms with Crippen molar-refractivity contribution < 1.29 is 19.1 Å². The molecular formula is C16H18O4S2. The largest absolute Gasteiger partial charge is 0.497 e. The standard InChI is InChI=1S/C16H18O4S2/c1-10(17)20-14-9-13(16(21-3,22-4)15(14)18)11-5-7-12(19-2)8-6-11/h5-9,13H,1-4H3. The van der Waals surface area contributed by atoms with Crippen LogP contribution in [0.2, 0.25) is 0 Å². The van der Waals surface area contributed by atoms with E-state index in [0.29, 0.717) is 0 Å². The minimum absolute atomic E-state index is 0.136. The smallest absolute Gasteiger partial charge is 0.308 e. The summed E-state index contributed by atoms with van der Waals surface area (Å²) < 4.78 is 9.56. The summed E-state index contributed by atoms with van der Waals surface area (Å²) in [4.78, 5) is 23.9. The number of benzene rings is 1. The number of thioether (sulfide) groups is 2. The van der Waals surface area contributed by atoms with Crippen LogP contribution in [-0.2, 0) is 14.3 Å². The average molecular weight is 338 g/mol. The third-order valence-electron chi connectivity index (χ3n) is 3.60. The van der Waals surface area contributed by atoms with Crippen LogP contribution in [0.1, 0.15) is 18.4 Å². The van der Waals surface area contributed by atoms with Crippen LogP contribution in [0.3, 0.4) is 0 Å². The van der Waals surface area contributed by atoms with Crippen molar-refractivity contribution in [3.05, 3.63) is 41.7 Å². The van der Waals surface area contributed by atoms with Gasteiger partial charge in [0.25, 0.3) is 0 Å². The molecular weight excluding hydrogens is 320 g/mol. The van der Waals surface area contributed by atoms with Crippen LogP contribution in [0.4, 0.5) is 0 Å². The Morgan fingerprint density at radius 1 is 1.18 bits per heavy atom. The monoisotopic (exact) mass is 338 g/mol. The molecule has 118 valence electrons. The lowest BCUT2D eigenvalue weighted by Gasteiger charge is -2.30. The summed E-state index contributed by atoms with van der Waals surface area (Å²) in [5, 5.41) is 0. The van der Waals surface area contributed by atoms with Crippen molar-refractivity contribution in [1.29, 1.82) is 0 Å². The molecule has 0 radical (unpaired) electrons. The van der Waals surface area contributed by atoms with Crippen LogP contribution in [0, 0.1) is 0 Å². The van der Waals surface area contributed by atoms with Gasteiger partial charge in [0.2, 0.25) is 5.78 Å². The van der Waals surface area contributed by atoms with Gasteiger partial charge in [-0.1, -0.05) is 12.1 Å². The predicted molar refractivity (Wildman–Crippen MR) is 90.4 cm³/mol. The number of ether oxygens (including phenoxy) is 2. The van der Waals surface area contributed by atoms with E-state index >= 15 is 0 Å². The Balaban J connectivity index is 2.45. The third-order valence-corrected chi connectivity index (χ3v) is 6.69. The van der Waals surface area contributed by atoms with Crippen molar-refractivity contribution in [3.63, 3.8) is 0 Å². The first-order chi connectivity index (χ1) is 10.5. The number of esters is 1. The molecule has 1 unspecified atom stereocenters. The molecule has 22 heavy (non-hydrogen) atoms. The highest BCUT2D eigenvalue weighted by molar-refractivity contribution is 8.18. The fraction of sp³-hybridized carbons (Fsp3) is 0.375. The second-order valence-electron chi connectivity index (χ2n) is 4.78. The summed E-state index contributed by atoms with van der Waals surface area (Å²) in [7, 11) is 1.61. The first-order valence-corrected chi connectivity index (χ1v) is 9.12. The zero-order valence-electron chi connectivity index (χ0n) is 12.9. The van der Waals surface area contributed by atoms with Crippen molar-refractivity contribution in [2.24, 2.45) is 0 Å². The number of methoxy groups -OCH3 is 1. The van der Waals surface area contributed by atoms with Gasteiger partial charge in [0.1, 0.15) is 9.83 Å². The molecule has 0 aromatic heterocycles. The third kappa shape index (κ3) is 2.90. The molecule has 2 rings (SSSR count). The topological polar surface area (TPSA) is 52.6 Å². The maximum absolute atomic E-state index is 12.7. The van der Waals surface area contributed by atoms with E-state index in [1.54, 1.807) is 13.2 Å². The molecule has 0 fully saturated rings.